The maximum atomic E-state index is 14.3. The average molecular weight is 1330 g/mol. The summed E-state index contributed by atoms with van der Waals surface area (Å²) in [7, 11) is 2.23. The first-order chi connectivity index (χ1) is 38.8. The zero-order chi connectivity index (χ0) is 62.3. The molecule has 450 valence electrons. The maximum Gasteiger partial charge on any atom is 0.434 e. The molecule has 4 amide bonds. The molecular formula is C49H55BrCl4F4N14O10S. The van der Waals surface area contributed by atoms with Gasteiger partial charge in [0.15, 0.2) is 15.6 Å². The third-order valence-corrected chi connectivity index (χ3v) is 13.1. The van der Waals surface area contributed by atoms with E-state index in [9.17, 15) is 45.2 Å². The molecule has 2 aromatic carbocycles. The Kier molecular flexibility index (Phi) is 25.1. The fourth-order valence-corrected chi connectivity index (χ4v) is 9.18. The van der Waals surface area contributed by atoms with Crippen molar-refractivity contribution in [1.82, 2.24) is 49.3 Å². The number of rotatable bonds is 14. The summed E-state index contributed by atoms with van der Waals surface area (Å²) in [6, 6.07) is 12.3. The Bertz CT molecular complexity index is 3370. The van der Waals surface area contributed by atoms with Crippen molar-refractivity contribution in [3.05, 3.63) is 98.2 Å². The van der Waals surface area contributed by atoms with Crippen LogP contribution in [0, 0.1) is 5.82 Å². The number of esters is 1. The van der Waals surface area contributed by atoms with Gasteiger partial charge in [-0.1, -0.05) is 46.9 Å². The monoisotopic (exact) mass is 1330 g/mol. The van der Waals surface area contributed by atoms with Gasteiger partial charge >= 0.3 is 18.2 Å². The summed E-state index contributed by atoms with van der Waals surface area (Å²) in [5, 5.41) is 11.3. The highest BCUT2D eigenvalue weighted by Gasteiger charge is 2.39. The summed E-state index contributed by atoms with van der Waals surface area (Å²) >= 11 is 25.6. The number of fused-ring (bicyclic) bond motifs is 1. The van der Waals surface area contributed by atoms with Gasteiger partial charge in [0.05, 0.1) is 58.7 Å². The van der Waals surface area contributed by atoms with Crippen LogP contribution in [0.25, 0.3) is 11.3 Å². The van der Waals surface area contributed by atoms with Crippen molar-refractivity contribution < 1.29 is 64.1 Å². The molecule has 1 aliphatic heterocycles. The second-order valence-electron chi connectivity index (χ2n) is 17.5. The molecule has 0 spiro atoms. The highest BCUT2D eigenvalue weighted by molar-refractivity contribution is 9.10. The number of nitrogens with zero attached hydrogens (tertiary/aromatic N) is 10. The van der Waals surface area contributed by atoms with Gasteiger partial charge in [0.1, 0.15) is 23.9 Å². The van der Waals surface area contributed by atoms with E-state index in [0.717, 1.165) is 31.4 Å². The van der Waals surface area contributed by atoms with Gasteiger partial charge in [-0.2, -0.15) is 51.6 Å². The molecule has 6 aromatic rings. The van der Waals surface area contributed by atoms with Crippen molar-refractivity contribution in [3.63, 3.8) is 0 Å². The minimum atomic E-state index is -4.69. The fourth-order valence-electron chi connectivity index (χ4n) is 6.77. The zero-order valence-corrected chi connectivity index (χ0v) is 51.3. The van der Waals surface area contributed by atoms with Crippen LogP contribution in [0.15, 0.2) is 70.3 Å². The summed E-state index contributed by atoms with van der Waals surface area (Å²) in [6.07, 6.45) is -3.95. The molecule has 7 rings (SSSR count). The number of benzene rings is 2. The molecule has 24 nitrogen and oxygen atoms in total. The highest BCUT2D eigenvalue weighted by Crippen LogP contribution is 2.41. The molecule has 1 unspecified atom stereocenters. The summed E-state index contributed by atoms with van der Waals surface area (Å²) < 4.78 is 101. The molecule has 0 saturated heterocycles. The number of urea groups is 1. The van der Waals surface area contributed by atoms with E-state index in [4.69, 9.17) is 65.4 Å². The number of anilines is 4. The Labute approximate surface area is 502 Å². The summed E-state index contributed by atoms with van der Waals surface area (Å²) in [6.45, 7) is 12.3. The number of amides is 4. The summed E-state index contributed by atoms with van der Waals surface area (Å²) in [4.78, 5) is 73.4. The van der Waals surface area contributed by atoms with Gasteiger partial charge in [-0.15, -0.1) is 0 Å². The van der Waals surface area contributed by atoms with Crippen LogP contribution in [0.3, 0.4) is 0 Å². The second kappa shape index (κ2) is 30.4. The smallest absolute Gasteiger partial charge is 0.434 e. The largest absolute Gasteiger partial charge is 0.489 e. The summed E-state index contributed by atoms with van der Waals surface area (Å²) in [5.41, 5.74) is -1.33. The minimum absolute atomic E-state index is 0.0672. The van der Waals surface area contributed by atoms with Gasteiger partial charge < -0.3 is 39.4 Å². The van der Waals surface area contributed by atoms with Crippen LogP contribution < -0.4 is 39.8 Å². The molecule has 4 N–H and O–H groups in total. The molecule has 0 bridgehead atoms. The Hall–Kier alpha value is -7.12. The van der Waals surface area contributed by atoms with Gasteiger partial charge in [-0.25, -0.2) is 23.7 Å². The quantitative estimate of drug-likeness (QED) is 0.0448. The molecule has 0 saturated carbocycles. The number of hydrogen-bond donors (Lipinski definition) is 4. The number of nitrogens with one attached hydrogen (secondary N) is 4. The molecule has 0 radical (unpaired) electrons. The van der Waals surface area contributed by atoms with Crippen LogP contribution in [-0.4, -0.2) is 141 Å². The lowest BCUT2D eigenvalue weighted by Gasteiger charge is -2.35. The number of carbonyl (C=O) groups is 4. The van der Waals surface area contributed by atoms with Crippen molar-refractivity contribution >= 4 is 120 Å². The molecule has 0 aliphatic carbocycles. The third kappa shape index (κ3) is 19.2. The Morgan fingerprint density at radius 3 is 2.08 bits per heavy atom. The number of aryl methyl sites for hydroxylation is 1. The lowest BCUT2D eigenvalue weighted by Crippen LogP contribution is -2.47. The molecule has 1 aliphatic rings. The number of methoxy groups -OCH3 is 2. The van der Waals surface area contributed by atoms with Crippen molar-refractivity contribution in [2.45, 2.75) is 75.8 Å². The first-order valence-corrected chi connectivity index (χ1v) is 28.0. The lowest BCUT2D eigenvalue weighted by atomic mass is 10.1. The van der Waals surface area contributed by atoms with Crippen molar-refractivity contribution in [2.24, 2.45) is 7.05 Å². The van der Waals surface area contributed by atoms with Crippen LogP contribution in [0.1, 0.15) is 68.0 Å². The van der Waals surface area contributed by atoms with Crippen LogP contribution in [0.5, 0.6) is 17.5 Å². The topological polar surface area (TPSA) is 289 Å². The zero-order valence-electron chi connectivity index (χ0n) is 45.9. The first kappa shape index (κ1) is 68.4. The van der Waals surface area contributed by atoms with Gasteiger partial charge in [-0.3, -0.25) is 19.6 Å². The lowest BCUT2D eigenvalue weighted by molar-refractivity contribution is -0.144. The van der Waals surface area contributed by atoms with E-state index < -0.39 is 66.1 Å². The molecule has 83 heavy (non-hydrogen) atoms. The van der Waals surface area contributed by atoms with Crippen LogP contribution >= 0.6 is 62.3 Å². The summed E-state index contributed by atoms with van der Waals surface area (Å²) in [5.74, 6) is -1.03. The van der Waals surface area contributed by atoms with Crippen LogP contribution in [0.4, 0.5) is 45.9 Å². The van der Waals surface area contributed by atoms with E-state index in [1.165, 1.54) is 57.6 Å². The SMILES string of the molecule is CC(C)OC(=O)c1cc(-c2nn(C)c(C(F)(F)F)c2Br)c(F)cc1Cl.CC1COc2ccccc2N1C(=O)C(Cl)Cl.CCNc1nc(Cl)nc(NC(C)C)n1.COc1cc(OC)nc(NC(=O)NS(=O)(=O)c2ncccc2C(=O)N(C)C)n1. The molecule has 1 atom stereocenters. The number of ether oxygens (including phenoxy) is 4. The number of carbonyl (C=O) groups excluding carboxylic acids is 4. The second-order valence-corrected chi connectivity index (χ2v) is 21.7. The predicted molar refractivity (Wildman–Crippen MR) is 306 cm³/mol. The van der Waals surface area contributed by atoms with E-state index in [0.29, 0.717) is 28.9 Å². The first-order valence-electron chi connectivity index (χ1n) is 24.1. The number of sulfonamides is 1. The minimum Gasteiger partial charge on any atom is -0.489 e. The van der Waals surface area contributed by atoms with E-state index >= 15 is 0 Å². The number of para-hydroxylation sites is 2. The van der Waals surface area contributed by atoms with E-state index in [2.05, 4.69) is 66.9 Å². The third-order valence-electron chi connectivity index (χ3n) is 10.2. The van der Waals surface area contributed by atoms with Gasteiger partial charge in [0.25, 0.3) is 21.8 Å². The predicted octanol–water partition coefficient (Wildman–Crippen LogP) is 9.71. The maximum absolute atomic E-state index is 14.3. The van der Waals surface area contributed by atoms with E-state index in [-0.39, 0.29) is 68.4 Å². The molecule has 5 heterocycles. The fraction of sp³-hybridized carbons (Fsp3) is 0.367. The normalized spacial score (nSPS) is 12.7. The van der Waals surface area contributed by atoms with Gasteiger partial charge in [-0.05, 0) is 105 Å². The highest BCUT2D eigenvalue weighted by atomic mass is 79.9. The Morgan fingerprint density at radius 1 is 0.904 bits per heavy atom. The van der Waals surface area contributed by atoms with Gasteiger partial charge in [0.2, 0.25) is 34.9 Å². The Balaban J connectivity index is 0.000000246. The van der Waals surface area contributed by atoms with E-state index in [1.54, 1.807) is 23.5 Å². The van der Waals surface area contributed by atoms with Crippen LogP contribution in [-0.2, 0) is 32.8 Å². The number of aromatic nitrogens is 8. The number of hydrogen-bond acceptors (Lipinski definition) is 19. The molecule has 34 heteroatoms. The Morgan fingerprint density at radius 2 is 1.53 bits per heavy atom. The number of alkyl halides is 5. The molecular weight excluding hydrogens is 1270 g/mol. The molecule has 4 aromatic heterocycles. The van der Waals surface area contributed by atoms with Crippen LogP contribution in [0.2, 0.25) is 10.3 Å². The average Bonchev–Trinajstić information content (AvgIpc) is 4.03. The molecule has 0 fully saturated rings. The number of halogens is 9. The van der Waals surface area contributed by atoms with E-state index in [1.807, 2.05) is 52.0 Å². The van der Waals surface area contributed by atoms with Gasteiger partial charge in [0, 0.05) is 45.5 Å². The number of pyridine rings is 1. The van der Waals surface area contributed by atoms with Crippen molar-refractivity contribution in [2.75, 3.05) is 62.3 Å². The van der Waals surface area contributed by atoms with Crippen molar-refractivity contribution in [3.8, 4) is 28.8 Å². The van der Waals surface area contributed by atoms with Crippen molar-refractivity contribution in [1.29, 1.82) is 0 Å². The standard InChI is InChI=1S/C15H12BrClF4N2O2.C15H18N6O6S.C11H11Cl2NO2.C8H14ClN5/c1-6(2)25-14(24)7-4-8(10(18)5-9(7)17)12-11(16)13(15(19,20)21)23(3)22-12;1-21(2)13(22)9-6-5-7-16-12(9)28(24,25)20-15(23)19-14-17-10(26-3)8-11(18-14)27-4;1-7-6-16-9-5-3-2-4-8(9)14(7)11(15)10(12)13;1-4-10-7-12-6(9)13-8(14-7)11-5(2)3/h4-6H,1-3H3;5-8H,1-4H3,(H2,17,18,19,20,23);2-5,7,10H,6H2,1H3;5H,4H2,1-3H3,(H2,10,11,12,13,14).